The third-order valence-electron chi connectivity index (χ3n) is 4.58. The van der Waals surface area contributed by atoms with E-state index in [1.165, 1.54) is 0 Å². The van der Waals surface area contributed by atoms with E-state index in [0.29, 0.717) is 25.7 Å². The van der Waals surface area contributed by atoms with Gasteiger partial charge in [0.05, 0.1) is 32.9 Å². The van der Waals surface area contributed by atoms with Gasteiger partial charge in [-0.25, -0.2) is 0 Å². The number of nitrogens with two attached hydrogens (primary N) is 1. The Kier molecular flexibility index (Phi) is 8.84. The number of nitrogens with zero attached hydrogens (tertiary/aromatic N) is 2. The summed E-state index contributed by atoms with van der Waals surface area (Å²) in [5.41, 5.74) is 8.08. The van der Waals surface area contributed by atoms with Crippen LogP contribution >= 0.6 is 24.0 Å². The molecule has 0 bridgehead atoms. The first-order valence-corrected chi connectivity index (χ1v) is 9.34. The third kappa shape index (κ3) is 6.40. The van der Waals surface area contributed by atoms with Crippen LogP contribution in [0.2, 0.25) is 0 Å². The average Bonchev–Trinajstić information content (AvgIpc) is 2.93. The number of nitrogens with one attached hydrogen (secondary N) is 1. The summed E-state index contributed by atoms with van der Waals surface area (Å²) in [6.45, 7) is 1.84. The van der Waals surface area contributed by atoms with Crippen LogP contribution in [0.1, 0.15) is 18.0 Å². The van der Waals surface area contributed by atoms with Gasteiger partial charge in [0.25, 0.3) is 0 Å². The highest BCUT2D eigenvalue weighted by Crippen LogP contribution is 2.32. The van der Waals surface area contributed by atoms with Gasteiger partial charge in [0.2, 0.25) is 0 Å². The van der Waals surface area contributed by atoms with Crippen molar-refractivity contribution in [3.05, 3.63) is 48.0 Å². The van der Waals surface area contributed by atoms with Gasteiger partial charge in [-0.05, 0) is 43.9 Å². The summed E-state index contributed by atoms with van der Waals surface area (Å²) in [6.07, 6.45) is 0.873. The van der Waals surface area contributed by atoms with E-state index < -0.39 is 0 Å². The number of benzene rings is 2. The Bertz CT molecular complexity index is 812. The number of aliphatic imine (C=N–C) groups is 1. The van der Waals surface area contributed by atoms with Crippen molar-refractivity contribution in [1.29, 1.82) is 0 Å². The topological polar surface area (TPSA) is 81.3 Å². The molecule has 2 aromatic carbocycles. The molecule has 1 aliphatic rings. The Balaban J connectivity index is 0.00000300. The highest BCUT2D eigenvalue weighted by atomic mass is 127. The predicted molar refractivity (Wildman–Crippen MR) is 127 cm³/mol. The predicted octanol–water partition coefficient (Wildman–Crippen LogP) is 3.50. The Morgan fingerprint density at radius 3 is 2.48 bits per heavy atom. The second-order valence-corrected chi connectivity index (χ2v) is 6.82. The molecule has 1 atom stereocenters. The van der Waals surface area contributed by atoms with Gasteiger partial charge in [0.1, 0.15) is 5.75 Å². The highest BCUT2D eigenvalue weighted by Gasteiger charge is 2.14. The molecule has 158 valence electrons. The quantitative estimate of drug-likeness (QED) is 0.351. The van der Waals surface area contributed by atoms with Gasteiger partial charge in [0.15, 0.2) is 17.5 Å². The molecule has 0 amide bonds. The lowest BCUT2D eigenvalue weighted by molar-refractivity contribution is 0.297. The molecule has 0 aromatic heterocycles. The van der Waals surface area contributed by atoms with E-state index in [1.54, 1.807) is 7.11 Å². The normalized spacial score (nSPS) is 14.6. The molecule has 1 aliphatic heterocycles. The fourth-order valence-electron chi connectivity index (χ4n) is 3.01. The molecule has 0 saturated heterocycles. The summed E-state index contributed by atoms with van der Waals surface area (Å²) >= 11 is 0. The summed E-state index contributed by atoms with van der Waals surface area (Å²) in [6, 6.07) is 13.8. The van der Waals surface area contributed by atoms with Crippen molar-refractivity contribution >= 4 is 35.6 Å². The summed E-state index contributed by atoms with van der Waals surface area (Å²) in [4.78, 5) is 6.65. The van der Waals surface area contributed by atoms with Crippen LogP contribution in [0.25, 0.3) is 0 Å². The number of methoxy groups -OCH3 is 1. The van der Waals surface area contributed by atoms with E-state index >= 15 is 0 Å². The Labute approximate surface area is 189 Å². The minimum Gasteiger partial charge on any atom is -0.497 e. The van der Waals surface area contributed by atoms with Gasteiger partial charge in [-0.1, -0.05) is 12.1 Å². The zero-order chi connectivity index (χ0) is 19.9. The van der Waals surface area contributed by atoms with E-state index in [-0.39, 0.29) is 30.0 Å². The lowest BCUT2D eigenvalue weighted by Gasteiger charge is -2.23. The summed E-state index contributed by atoms with van der Waals surface area (Å²) in [7, 11) is 5.71. The van der Waals surface area contributed by atoms with Crippen molar-refractivity contribution in [3.63, 3.8) is 0 Å². The fourth-order valence-corrected chi connectivity index (χ4v) is 3.01. The van der Waals surface area contributed by atoms with Crippen molar-refractivity contribution in [3.8, 4) is 17.2 Å². The molecule has 2 aromatic rings. The molecule has 1 heterocycles. The number of halogens is 1. The van der Waals surface area contributed by atoms with Crippen LogP contribution in [0.5, 0.6) is 17.2 Å². The molecule has 0 saturated carbocycles. The van der Waals surface area contributed by atoms with E-state index in [1.807, 2.05) is 56.6 Å². The van der Waals surface area contributed by atoms with Crippen LogP contribution < -0.4 is 25.3 Å². The molecule has 7 nitrogen and oxygen atoms in total. The number of rotatable bonds is 6. The number of ether oxygens (including phenoxy) is 3. The highest BCUT2D eigenvalue weighted by molar-refractivity contribution is 14.0. The van der Waals surface area contributed by atoms with Gasteiger partial charge < -0.3 is 30.2 Å². The number of anilines is 1. The summed E-state index contributed by atoms with van der Waals surface area (Å²) < 4.78 is 16.6. The monoisotopic (exact) mass is 512 g/mol. The Morgan fingerprint density at radius 2 is 1.83 bits per heavy atom. The minimum atomic E-state index is 0. The van der Waals surface area contributed by atoms with E-state index in [4.69, 9.17) is 19.9 Å². The molecule has 0 spiro atoms. The van der Waals surface area contributed by atoms with Crippen LogP contribution in [-0.2, 0) is 0 Å². The molecular weight excluding hydrogens is 483 g/mol. The minimum absolute atomic E-state index is 0. The molecule has 3 N–H and O–H groups in total. The average molecular weight is 512 g/mol. The van der Waals surface area contributed by atoms with Crippen molar-refractivity contribution < 1.29 is 14.2 Å². The van der Waals surface area contributed by atoms with E-state index in [2.05, 4.69) is 15.2 Å². The van der Waals surface area contributed by atoms with Gasteiger partial charge in [-0.3, -0.25) is 4.99 Å². The standard InChI is InChI=1S/C21H28N4O3.HI/c1-25(2)18(15-5-8-17(26-3)9-6-15)14-23-21(22)24-16-7-10-19-20(13-16)28-12-4-11-27-19;/h5-10,13,18H,4,11-12,14H2,1-3H3,(H3,22,23,24);1H. The van der Waals surface area contributed by atoms with Gasteiger partial charge in [-0.15, -0.1) is 24.0 Å². The zero-order valence-corrected chi connectivity index (χ0v) is 19.4. The van der Waals surface area contributed by atoms with Crippen LogP contribution in [0.3, 0.4) is 0 Å². The Morgan fingerprint density at radius 1 is 1.14 bits per heavy atom. The number of hydrogen-bond acceptors (Lipinski definition) is 5. The lowest BCUT2D eigenvalue weighted by Crippen LogP contribution is -2.27. The van der Waals surface area contributed by atoms with Crippen LogP contribution in [0.15, 0.2) is 47.5 Å². The zero-order valence-electron chi connectivity index (χ0n) is 17.1. The molecule has 0 fully saturated rings. The van der Waals surface area contributed by atoms with Crippen LogP contribution in [0, 0.1) is 0 Å². The molecule has 0 radical (unpaired) electrons. The Hall–Kier alpha value is -2.20. The SMILES string of the molecule is COc1ccc(C(CN=C(N)Nc2ccc3c(c2)OCCCO3)N(C)C)cc1.I. The smallest absolute Gasteiger partial charge is 0.193 e. The second-order valence-electron chi connectivity index (χ2n) is 6.82. The van der Waals surface area contributed by atoms with Crippen LogP contribution in [0.4, 0.5) is 5.69 Å². The van der Waals surface area contributed by atoms with Gasteiger partial charge in [0, 0.05) is 18.2 Å². The van der Waals surface area contributed by atoms with Crippen molar-refractivity contribution in [2.45, 2.75) is 12.5 Å². The number of likely N-dealkylation sites (N-methyl/N-ethyl adjacent to an activating group) is 1. The molecule has 8 heteroatoms. The summed E-state index contributed by atoms with van der Waals surface area (Å²) in [5.74, 6) is 2.67. The lowest BCUT2D eigenvalue weighted by atomic mass is 10.1. The molecular formula is C21H29IN4O3. The molecule has 0 aliphatic carbocycles. The first kappa shape index (κ1) is 23.1. The second kappa shape index (κ2) is 11.1. The molecule has 1 unspecified atom stereocenters. The first-order valence-electron chi connectivity index (χ1n) is 9.34. The van der Waals surface area contributed by atoms with Crippen molar-refractivity contribution in [2.24, 2.45) is 10.7 Å². The van der Waals surface area contributed by atoms with Crippen molar-refractivity contribution in [2.75, 3.05) is 46.3 Å². The third-order valence-corrected chi connectivity index (χ3v) is 4.58. The number of fused-ring (bicyclic) bond motifs is 1. The van der Waals surface area contributed by atoms with Crippen molar-refractivity contribution in [1.82, 2.24) is 4.90 Å². The largest absolute Gasteiger partial charge is 0.497 e. The maximum absolute atomic E-state index is 6.11. The van der Waals surface area contributed by atoms with E-state index in [0.717, 1.165) is 34.9 Å². The maximum atomic E-state index is 6.11. The molecule has 29 heavy (non-hydrogen) atoms. The van der Waals surface area contributed by atoms with E-state index in [9.17, 15) is 0 Å². The fraction of sp³-hybridized carbons (Fsp3) is 0.381. The maximum Gasteiger partial charge on any atom is 0.193 e. The van der Waals surface area contributed by atoms with Crippen LogP contribution in [-0.4, -0.2) is 51.8 Å². The van der Waals surface area contributed by atoms with Gasteiger partial charge in [-0.2, -0.15) is 0 Å². The number of guanidine groups is 1. The number of hydrogen-bond donors (Lipinski definition) is 2. The molecule has 3 rings (SSSR count). The first-order chi connectivity index (χ1) is 13.6. The summed E-state index contributed by atoms with van der Waals surface area (Å²) in [5, 5.41) is 3.13. The van der Waals surface area contributed by atoms with Gasteiger partial charge >= 0.3 is 0 Å².